The van der Waals surface area contributed by atoms with E-state index in [9.17, 15) is 0 Å². The first kappa shape index (κ1) is 5.11. The number of rotatable bonds is 0. The Kier molecular flexibility index (Phi) is 1.09. The first-order chi connectivity index (χ1) is 4.47. The molecule has 1 atom stereocenters. The van der Waals surface area contributed by atoms with Gasteiger partial charge in [0.2, 0.25) is 0 Å². The van der Waals surface area contributed by atoms with Crippen LogP contribution in [0.4, 0.5) is 0 Å². The summed E-state index contributed by atoms with van der Waals surface area (Å²) in [7, 11) is 0. The molecule has 2 rings (SSSR count). The minimum absolute atomic E-state index is 0.471. The van der Waals surface area contributed by atoms with Crippen LogP contribution >= 0.6 is 0 Å². The second-order valence-corrected chi connectivity index (χ2v) is 2.38. The third kappa shape index (κ3) is 0.772. The number of hydrogen-bond donors (Lipinski definition) is 2. The molecule has 0 aromatic heterocycles. The Morgan fingerprint density at radius 2 is 2.67 bits per heavy atom. The maximum atomic E-state index is 3.29. The Labute approximate surface area is 54.7 Å². The fourth-order valence-corrected chi connectivity index (χ4v) is 1.22. The van der Waals surface area contributed by atoms with Crippen molar-refractivity contribution in [2.45, 2.75) is 6.17 Å². The average Bonchev–Trinajstić information content (AvgIpc) is 2.33. The molecule has 2 aliphatic heterocycles. The second-order valence-electron chi connectivity index (χ2n) is 2.38. The standard InChI is InChI=1S/C6H10N3/c1-3-9-4-2-8-6(9)5-7-1/h4,6-8H,1,3,5H2. The molecule has 0 spiro atoms. The van der Waals surface area contributed by atoms with Crippen LogP contribution in [0.25, 0.3) is 0 Å². The van der Waals surface area contributed by atoms with Crippen LogP contribution in [0.3, 0.4) is 0 Å². The molecular formula is C6H10N3. The van der Waals surface area contributed by atoms with Gasteiger partial charge in [0, 0.05) is 25.8 Å². The Hall–Kier alpha value is -0.700. The number of hydrogen-bond acceptors (Lipinski definition) is 3. The summed E-state index contributed by atoms with van der Waals surface area (Å²) in [6, 6.07) is 0. The summed E-state index contributed by atoms with van der Waals surface area (Å²) in [6.07, 6.45) is 5.44. The maximum Gasteiger partial charge on any atom is 0.111 e. The van der Waals surface area contributed by atoms with E-state index in [1.165, 1.54) is 0 Å². The Balaban J connectivity index is 2.03. The van der Waals surface area contributed by atoms with Gasteiger partial charge in [0.1, 0.15) is 6.17 Å². The summed E-state index contributed by atoms with van der Waals surface area (Å²) in [6.45, 7) is 3.23. The molecule has 0 aliphatic carbocycles. The minimum atomic E-state index is 0.471. The van der Waals surface area contributed by atoms with Gasteiger partial charge >= 0.3 is 0 Å². The van der Waals surface area contributed by atoms with Crippen LogP contribution in [-0.2, 0) is 0 Å². The molecule has 2 aliphatic rings. The van der Waals surface area contributed by atoms with Crippen molar-refractivity contribution >= 4 is 0 Å². The van der Waals surface area contributed by atoms with E-state index >= 15 is 0 Å². The van der Waals surface area contributed by atoms with Gasteiger partial charge in [0.25, 0.3) is 0 Å². The van der Waals surface area contributed by atoms with Crippen molar-refractivity contribution in [2.24, 2.45) is 0 Å². The molecule has 1 unspecified atom stereocenters. The first-order valence-corrected chi connectivity index (χ1v) is 3.28. The highest BCUT2D eigenvalue weighted by molar-refractivity contribution is 4.92. The van der Waals surface area contributed by atoms with Gasteiger partial charge in [0.05, 0.1) is 6.20 Å². The van der Waals surface area contributed by atoms with Gasteiger partial charge in [-0.3, -0.25) is 0 Å². The monoisotopic (exact) mass is 124 g/mol. The van der Waals surface area contributed by atoms with Crippen molar-refractivity contribution in [1.82, 2.24) is 15.5 Å². The lowest BCUT2D eigenvalue weighted by Crippen LogP contribution is -2.51. The molecule has 2 N–H and O–H groups in total. The van der Waals surface area contributed by atoms with Crippen molar-refractivity contribution < 1.29 is 0 Å². The normalized spacial score (nSPS) is 32.0. The molecule has 9 heavy (non-hydrogen) atoms. The molecule has 0 bridgehead atoms. The van der Waals surface area contributed by atoms with E-state index < -0.39 is 0 Å². The molecule has 0 saturated carbocycles. The van der Waals surface area contributed by atoms with Gasteiger partial charge in [-0.05, 0) is 0 Å². The van der Waals surface area contributed by atoms with Crippen molar-refractivity contribution in [3.05, 3.63) is 12.4 Å². The van der Waals surface area contributed by atoms with Gasteiger partial charge in [-0.1, -0.05) is 0 Å². The van der Waals surface area contributed by atoms with Crippen molar-refractivity contribution in [2.75, 3.05) is 19.6 Å². The molecule has 1 radical (unpaired) electrons. The third-order valence-electron chi connectivity index (χ3n) is 1.77. The van der Waals surface area contributed by atoms with Gasteiger partial charge in [-0.25, -0.2) is 0 Å². The molecule has 2 heterocycles. The predicted octanol–water partition coefficient (Wildman–Crippen LogP) is -0.905. The number of nitrogens with zero attached hydrogens (tertiary/aromatic N) is 1. The van der Waals surface area contributed by atoms with Crippen LogP contribution in [0.2, 0.25) is 0 Å². The van der Waals surface area contributed by atoms with E-state index in [4.69, 9.17) is 0 Å². The van der Waals surface area contributed by atoms with Crippen LogP contribution in [0.5, 0.6) is 0 Å². The van der Waals surface area contributed by atoms with E-state index in [2.05, 4.69) is 21.7 Å². The Morgan fingerprint density at radius 3 is 3.56 bits per heavy atom. The third-order valence-corrected chi connectivity index (χ3v) is 1.77. The molecule has 3 heteroatoms. The highest BCUT2D eigenvalue weighted by atomic mass is 15.3. The number of nitrogens with one attached hydrogen (secondary N) is 2. The lowest BCUT2D eigenvalue weighted by Gasteiger charge is -2.30. The summed E-state index contributed by atoms with van der Waals surface area (Å²) in [5.41, 5.74) is 0. The minimum Gasteiger partial charge on any atom is -0.361 e. The molecule has 0 amide bonds. The van der Waals surface area contributed by atoms with Crippen molar-refractivity contribution in [1.29, 1.82) is 0 Å². The average molecular weight is 124 g/mol. The van der Waals surface area contributed by atoms with Gasteiger partial charge < -0.3 is 15.5 Å². The predicted molar refractivity (Wildman–Crippen MR) is 34.3 cm³/mol. The topological polar surface area (TPSA) is 27.3 Å². The van der Waals surface area contributed by atoms with Crippen LogP contribution < -0.4 is 10.6 Å². The fourth-order valence-electron chi connectivity index (χ4n) is 1.22. The van der Waals surface area contributed by atoms with E-state index in [0.717, 1.165) is 19.6 Å². The smallest absolute Gasteiger partial charge is 0.111 e. The van der Waals surface area contributed by atoms with E-state index in [-0.39, 0.29) is 0 Å². The zero-order valence-electron chi connectivity index (χ0n) is 5.22. The van der Waals surface area contributed by atoms with E-state index in [1.807, 2.05) is 6.20 Å². The zero-order chi connectivity index (χ0) is 6.10. The summed E-state index contributed by atoms with van der Waals surface area (Å²) >= 11 is 0. The SMILES string of the molecule is [C]1=CN2CCNCC2N1. The lowest BCUT2D eigenvalue weighted by atomic mass is 10.3. The molecule has 1 saturated heterocycles. The van der Waals surface area contributed by atoms with E-state index in [1.54, 1.807) is 0 Å². The van der Waals surface area contributed by atoms with Crippen LogP contribution in [0, 0.1) is 6.20 Å². The summed E-state index contributed by atoms with van der Waals surface area (Å²) in [5, 5.41) is 6.41. The largest absolute Gasteiger partial charge is 0.361 e. The van der Waals surface area contributed by atoms with Crippen LogP contribution in [0.15, 0.2) is 6.20 Å². The van der Waals surface area contributed by atoms with Crippen LogP contribution in [0.1, 0.15) is 0 Å². The summed E-state index contributed by atoms with van der Waals surface area (Å²) < 4.78 is 0. The molecular weight excluding hydrogens is 114 g/mol. The molecule has 49 valence electrons. The molecule has 0 aromatic rings. The summed E-state index contributed by atoms with van der Waals surface area (Å²) in [4.78, 5) is 2.26. The number of piperazine rings is 1. The molecule has 0 aromatic carbocycles. The quantitative estimate of drug-likeness (QED) is 0.438. The highest BCUT2D eigenvalue weighted by Crippen LogP contribution is 2.04. The van der Waals surface area contributed by atoms with Crippen molar-refractivity contribution in [3.63, 3.8) is 0 Å². The lowest BCUT2D eigenvalue weighted by molar-refractivity contribution is 0.231. The second kappa shape index (κ2) is 1.92. The maximum absolute atomic E-state index is 3.29. The molecule has 3 nitrogen and oxygen atoms in total. The van der Waals surface area contributed by atoms with Gasteiger partial charge in [-0.15, -0.1) is 0 Å². The van der Waals surface area contributed by atoms with Crippen LogP contribution in [-0.4, -0.2) is 30.7 Å². The summed E-state index contributed by atoms with van der Waals surface area (Å²) in [5.74, 6) is 0. The first-order valence-electron chi connectivity index (χ1n) is 3.28. The highest BCUT2D eigenvalue weighted by Gasteiger charge is 2.20. The van der Waals surface area contributed by atoms with Gasteiger partial charge in [-0.2, -0.15) is 0 Å². The van der Waals surface area contributed by atoms with Crippen molar-refractivity contribution in [3.8, 4) is 0 Å². The fraction of sp³-hybridized carbons (Fsp3) is 0.667. The molecule has 1 fully saturated rings. The van der Waals surface area contributed by atoms with Gasteiger partial charge in [0.15, 0.2) is 0 Å². The van der Waals surface area contributed by atoms with E-state index in [0.29, 0.717) is 6.17 Å². The number of fused-ring (bicyclic) bond motifs is 1. The zero-order valence-corrected chi connectivity index (χ0v) is 5.22. The Bertz CT molecular complexity index is 132. The Morgan fingerprint density at radius 1 is 1.67 bits per heavy atom.